The van der Waals surface area contributed by atoms with E-state index >= 15 is 0 Å². The van der Waals surface area contributed by atoms with E-state index in [4.69, 9.17) is 10.3 Å². The average Bonchev–Trinajstić information content (AvgIpc) is 2.97. The van der Waals surface area contributed by atoms with E-state index in [-0.39, 0.29) is 12.0 Å². The summed E-state index contributed by atoms with van der Waals surface area (Å²) in [4.78, 5) is 8.46. The first-order valence-corrected chi connectivity index (χ1v) is 5.93. The molecule has 1 aliphatic carbocycles. The second-order valence-corrected chi connectivity index (χ2v) is 4.44. The Balaban J connectivity index is 1.86. The van der Waals surface area contributed by atoms with Gasteiger partial charge >= 0.3 is 0 Å². The molecule has 6 heteroatoms. The number of hydrogen-bond donors (Lipinski definition) is 1. The molecule has 0 fully saturated rings. The summed E-state index contributed by atoms with van der Waals surface area (Å²) in [6.45, 7) is 0. The van der Waals surface area contributed by atoms with Gasteiger partial charge in [0.05, 0.1) is 11.4 Å². The van der Waals surface area contributed by atoms with Crippen molar-refractivity contribution in [2.75, 3.05) is 0 Å². The summed E-state index contributed by atoms with van der Waals surface area (Å²) < 4.78 is 5.22. The van der Waals surface area contributed by atoms with Crippen molar-refractivity contribution in [3.05, 3.63) is 28.9 Å². The Morgan fingerprint density at radius 2 is 2.38 bits per heavy atom. The van der Waals surface area contributed by atoms with Gasteiger partial charge in [0, 0.05) is 11.4 Å². The lowest BCUT2D eigenvalue weighted by Crippen LogP contribution is -2.14. The molecule has 5 nitrogen and oxygen atoms in total. The summed E-state index contributed by atoms with van der Waals surface area (Å²) in [7, 11) is 0. The third kappa shape index (κ3) is 1.66. The quantitative estimate of drug-likeness (QED) is 0.798. The number of rotatable bonds is 2. The molecule has 0 aromatic carbocycles. The Bertz CT molecular complexity index is 505. The van der Waals surface area contributed by atoms with E-state index in [0.29, 0.717) is 11.7 Å². The average molecular weight is 234 g/mol. The molecule has 2 aromatic rings. The summed E-state index contributed by atoms with van der Waals surface area (Å²) in [5.74, 6) is 1.31. The molecule has 0 amide bonds. The van der Waals surface area contributed by atoms with Gasteiger partial charge in [-0.2, -0.15) is 4.98 Å². The van der Waals surface area contributed by atoms with E-state index in [1.165, 1.54) is 11.3 Å². The number of nitrogens with two attached hydrogens (primary N) is 1. The molecule has 2 N–H and O–H groups in total. The number of nitrogens with zero attached hydrogens (tertiary/aromatic N) is 3. The first-order chi connectivity index (χ1) is 7.83. The molecule has 0 radical (unpaired) electrons. The monoisotopic (exact) mass is 234 g/mol. The summed E-state index contributed by atoms with van der Waals surface area (Å²) >= 11 is 1.51. The zero-order valence-electron chi connectivity index (χ0n) is 8.41. The molecule has 0 aliphatic heterocycles. The molecule has 1 aliphatic rings. The van der Waals surface area contributed by atoms with Crippen molar-refractivity contribution in [1.82, 2.24) is 15.1 Å². The van der Waals surface area contributed by atoms with Gasteiger partial charge in [-0.3, -0.25) is 0 Å². The largest absolute Gasteiger partial charge is 0.338 e. The van der Waals surface area contributed by atoms with Crippen LogP contribution in [0.15, 0.2) is 27.6 Å². The lowest BCUT2D eigenvalue weighted by molar-refractivity contribution is 0.364. The van der Waals surface area contributed by atoms with Crippen LogP contribution in [0, 0.1) is 0 Å². The van der Waals surface area contributed by atoms with Crippen LogP contribution >= 0.6 is 11.3 Å². The predicted molar refractivity (Wildman–Crippen MR) is 59.9 cm³/mol. The molecule has 0 bridgehead atoms. The Hall–Kier alpha value is -1.53. The Morgan fingerprint density at radius 3 is 3.06 bits per heavy atom. The van der Waals surface area contributed by atoms with Crippen LogP contribution in [0.2, 0.25) is 0 Å². The molecule has 16 heavy (non-hydrogen) atoms. The molecule has 2 unspecified atom stereocenters. The maximum Gasteiger partial charge on any atom is 0.234 e. The van der Waals surface area contributed by atoms with Crippen molar-refractivity contribution in [2.45, 2.75) is 18.4 Å². The number of hydrogen-bond acceptors (Lipinski definition) is 6. The highest BCUT2D eigenvalue weighted by Gasteiger charge is 2.23. The van der Waals surface area contributed by atoms with E-state index in [9.17, 15) is 0 Å². The molecule has 0 spiro atoms. The SMILES string of the molecule is NC1C=CC(c2nc(-c3cscn3)no2)C1. The van der Waals surface area contributed by atoms with Crippen molar-refractivity contribution < 1.29 is 4.52 Å². The molecule has 3 rings (SSSR count). The van der Waals surface area contributed by atoms with Gasteiger partial charge in [-0.25, -0.2) is 4.98 Å². The lowest BCUT2D eigenvalue weighted by atomic mass is 10.1. The minimum absolute atomic E-state index is 0.0969. The highest BCUT2D eigenvalue weighted by atomic mass is 32.1. The maximum atomic E-state index is 5.78. The van der Waals surface area contributed by atoms with E-state index in [0.717, 1.165) is 12.1 Å². The van der Waals surface area contributed by atoms with Crippen molar-refractivity contribution in [3.63, 3.8) is 0 Å². The van der Waals surface area contributed by atoms with Gasteiger partial charge in [0.1, 0.15) is 5.69 Å². The summed E-state index contributed by atoms with van der Waals surface area (Å²) in [5.41, 5.74) is 8.28. The van der Waals surface area contributed by atoms with Gasteiger partial charge < -0.3 is 10.3 Å². The highest BCUT2D eigenvalue weighted by Crippen LogP contribution is 2.27. The Labute approximate surface area is 96.0 Å². The molecule has 82 valence electrons. The fourth-order valence-corrected chi connectivity index (χ4v) is 2.25. The Kier molecular flexibility index (Phi) is 2.30. The van der Waals surface area contributed by atoms with Crippen LogP contribution in [0.4, 0.5) is 0 Å². The van der Waals surface area contributed by atoms with E-state index in [1.54, 1.807) is 5.51 Å². The second kappa shape index (κ2) is 3.80. The predicted octanol–water partition coefficient (Wildman–Crippen LogP) is 1.56. The van der Waals surface area contributed by atoms with Gasteiger partial charge in [0.15, 0.2) is 0 Å². The van der Waals surface area contributed by atoms with Crippen molar-refractivity contribution in [1.29, 1.82) is 0 Å². The van der Waals surface area contributed by atoms with Crippen LogP contribution < -0.4 is 5.73 Å². The number of allylic oxidation sites excluding steroid dienone is 1. The van der Waals surface area contributed by atoms with E-state index < -0.39 is 0 Å². The summed E-state index contributed by atoms with van der Waals surface area (Å²) in [6, 6.07) is 0.0969. The molecular weight excluding hydrogens is 224 g/mol. The number of aromatic nitrogens is 3. The van der Waals surface area contributed by atoms with Crippen LogP contribution in [-0.2, 0) is 0 Å². The standard InChI is InChI=1S/C10H10N4OS/c11-7-2-1-6(3-7)10-13-9(14-15-10)8-4-16-5-12-8/h1-2,4-7H,3,11H2. The van der Waals surface area contributed by atoms with E-state index in [2.05, 4.69) is 15.1 Å². The second-order valence-electron chi connectivity index (χ2n) is 3.72. The minimum atomic E-state index is 0.0969. The fraction of sp³-hybridized carbons (Fsp3) is 0.300. The molecule has 2 atom stereocenters. The van der Waals surface area contributed by atoms with Crippen LogP contribution in [-0.4, -0.2) is 21.2 Å². The zero-order chi connectivity index (χ0) is 11.0. The molecule has 2 aromatic heterocycles. The molecule has 0 saturated heterocycles. The normalized spacial score (nSPS) is 24.1. The van der Waals surface area contributed by atoms with E-state index in [1.807, 2.05) is 17.5 Å². The van der Waals surface area contributed by atoms with Gasteiger partial charge in [-0.05, 0) is 6.42 Å². The lowest BCUT2D eigenvalue weighted by Gasteiger charge is -2.01. The van der Waals surface area contributed by atoms with Crippen LogP contribution in [0.5, 0.6) is 0 Å². The Morgan fingerprint density at radius 1 is 1.44 bits per heavy atom. The first-order valence-electron chi connectivity index (χ1n) is 4.99. The van der Waals surface area contributed by atoms with Gasteiger partial charge in [0.2, 0.25) is 11.7 Å². The minimum Gasteiger partial charge on any atom is -0.338 e. The van der Waals surface area contributed by atoms with Gasteiger partial charge in [-0.15, -0.1) is 11.3 Å². The van der Waals surface area contributed by atoms with Crippen LogP contribution in [0.1, 0.15) is 18.2 Å². The highest BCUT2D eigenvalue weighted by molar-refractivity contribution is 7.07. The zero-order valence-corrected chi connectivity index (χ0v) is 9.22. The van der Waals surface area contributed by atoms with Crippen molar-refractivity contribution in [2.24, 2.45) is 5.73 Å². The summed E-state index contributed by atoms with van der Waals surface area (Å²) in [5, 5.41) is 5.81. The number of thiazole rings is 1. The van der Waals surface area contributed by atoms with Crippen molar-refractivity contribution >= 4 is 11.3 Å². The molecule has 2 heterocycles. The van der Waals surface area contributed by atoms with Crippen LogP contribution in [0.3, 0.4) is 0 Å². The molecular formula is C10H10N4OS. The van der Waals surface area contributed by atoms with Crippen LogP contribution in [0.25, 0.3) is 11.5 Å². The topological polar surface area (TPSA) is 77.8 Å². The summed E-state index contributed by atoms with van der Waals surface area (Å²) in [6.07, 6.45) is 4.82. The fourth-order valence-electron chi connectivity index (χ4n) is 1.72. The third-order valence-corrected chi connectivity index (χ3v) is 3.12. The first kappa shape index (κ1) is 9.68. The van der Waals surface area contributed by atoms with Crippen molar-refractivity contribution in [3.8, 4) is 11.5 Å². The van der Waals surface area contributed by atoms with Gasteiger partial charge in [-0.1, -0.05) is 17.3 Å². The third-order valence-electron chi connectivity index (χ3n) is 2.54. The maximum absolute atomic E-state index is 5.78. The van der Waals surface area contributed by atoms with Gasteiger partial charge in [0.25, 0.3) is 0 Å². The smallest absolute Gasteiger partial charge is 0.234 e. The molecule has 0 saturated carbocycles.